The van der Waals surface area contributed by atoms with Crippen molar-refractivity contribution in [1.82, 2.24) is 5.32 Å². The molecule has 1 aromatic rings. The number of rotatable bonds is 5. The van der Waals surface area contributed by atoms with Crippen LogP contribution in [0.1, 0.15) is 31.2 Å². The molecule has 21 heavy (non-hydrogen) atoms. The zero-order valence-electron chi connectivity index (χ0n) is 12.6. The molecule has 1 aromatic carbocycles. The van der Waals surface area contributed by atoms with Crippen LogP contribution in [-0.2, 0) is 16.0 Å². The lowest BCUT2D eigenvalue weighted by Crippen LogP contribution is -2.47. The van der Waals surface area contributed by atoms with Crippen LogP contribution in [0.15, 0.2) is 43.0 Å². The van der Waals surface area contributed by atoms with Crippen LogP contribution >= 0.6 is 0 Å². The number of hydrogen-bond donors (Lipinski definition) is 1. The molecule has 114 valence electrons. The van der Waals surface area contributed by atoms with Crippen LogP contribution in [-0.4, -0.2) is 25.0 Å². The molecule has 0 unspecified atom stereocenters. The van der Waals surface area contributed by atoms with E-state index in [0.29, 0.717) is 12.0 Å². The van der Waals surface area contributed by atoms with E-state index in [1.807, 2.05) is 6.08 Å². The van der Waals surface area contributed by atoms with Crippen molar-refractivity contribution in [2.45, 2.75) is 44.1 Å². The van der Waals surface area contributed by atoms with Crippen molar-refractivity contribution in [3.63, 3.8) is 0 Å². The van der Waals surface area contributed by atoms with Crippen LogP contribution in [0, 0.1) is 5.92 Å². The Morgan fingerprint density at radius 1 is 1.24 bits per heavy atom. The van der Waals surface area contributed by atoms with Crippen LogP contribution in [0.5, 0.6) is 0 Å². The summed E-state index contributed by atoms with van der Waals surface area (Å²) in [6, 6.07) is 11.1. The molecule has 2 aliphatic rings. The molecule has 3 nitrogen and oxygen atoms in total. The third-order valence-electron chi connectivity index (χ3n) is 4.67. The van der Waals surface area contributed by atoms with E-state index in [1.54, 1.807) is 0 Å². The maximum atomic E-state index is 5.88. The first kappa shape index (κ1) is 14.8. The first-order chi connectivity index (χ1) is 10.3. The largest absolute Gasteiger partial charge is 0.348 e. The maximum Gasteiger partial charge on any atom is 0.168 e. The van der Waals surface area contributed by atoms with Crippen LogP contribution < -0.4 is 5.32 Å². The second-order valence-electron chi connectivity index (χ2n) is 6.11. The Kier molecular flexibility index (Phi) is 4.73. The van der Waals surface area contributed by atoms with Crippen molar-refractivity contribution in [1.29, 1.82) is 0 Å². The van der Waals surface area contributed by atoms with Gasteiger partial charge in [-0.05, 0) is 24.3 Å². The molecular formula is C18H25NO2. The molecule has 2 fully saturated rings. The number of allylic oxidation sites excluding steroid dienone is 1. The second-order valence-corrected chi connectivity index (χ2v) is 6.11. The molecule has 0 bridgehead atoms. The lowest BCUT2D eigenvalue weighted by atomic mass is 9.78. The summed E-state index contributed by atoms with van der Waals surface area (Å²) in [7, 11) is 0. The topological polar surface area (TPSA) is 30.5 Å². The molecule has 1 saturated heterocycles. The van der Waals surface area contributed by atoms with Crippen LogP contribution in [0.2, 0.25) is 0 Å². The fourth-order valence-electron chi connectivity index (χ4n) is 3.59. The average Bonchev–Trinajstić information content (AvgIpc) is 2.96. The van der Waals surface area contributed by atoms with Gasteiger partial charge in [0.1, 0.15) is 0 Å². The van der Waals surface area contributed by atoms with E-state index in [1.165, 1.54) is 5.56 Å². The van der Waals surface area contributed by atoms with Gasteiger partial charge in [-0.25, -0.2) is 0 Å². The lowest BCUT2D eigenvalue weighted by molar-refractivity contribution is -0.190. The summed E-state index contributed by atoms with van der Waals surface area (Å²) in [5.74, 6) is 0.233. The Labute approximate surface area is 127 Å². The van der Waals surface area contributed by atoms with Gasteiger partial charge in [-0.2, -0.15) is 0 Å². The van der Waals surface area contributed by atoms with Crippen LogP contribution in [0.25, 0.3) is 0 Å². The highest BCUT2D eigenvalue weighted by Gasteiger charge is 2.44. The first-order valence-electron chi connectivity index (χ1n) is 7.97. The highest BCUT2D eigenvalue weighted by atomic mass is 16.7. The number of hydrogen-bond acceptors (Lipinski definition) is 3. The molecule has 1 heterocycles. The smallest absolute Gasteiger partial charge is 0.168 e. The molecule has 1 aliphatic carbocycles. The fraction of sp³-hybridized carbons (Fsp3) is 0.556. The first-order valence-corrected chi connectivity index (χ1v) is 7.97. The Balaban J connectivity index is 1.60. The zero-order chi connectivity index (χ0) is 14.5. The van der Waals surface area contributed by atoms with E-state index in [0.717, 1.165) is 45.4 Å². The van der Waals surface area contributed by atoms with Gasteiger partial charge in [-0.15, -0.1) is 6.58 Å². The summed E-state index contributed by atoms with van der Waals surface area (Å²) in [5, 5.41) is 3.72. The van der Waals surface area contributed by atoms with E-state index in [4.69, 9.17) is 9.47 Å². The normalized spacial score (nSPS) is 27.8. The molecule has 1 spiro atoms. The summed E-state index contributed by atoms with van der Waals surface area (Å²) in [5.41, 5.74) is 1.34. The summed E-state index contributed by atoms with van der Waals surface area (Å²) in [6.07, 6.45) is 6.11. The quantitative estimate of drug-likeness (QED) is 0.843. The Hall–Kier alpha value is -1.16. The van der Waals surface area contributed by atoms with Crippen molar-refractivity contribution in [3.8, 4) is 0 Å². The van der Waals surface area contributed by atoms with Gasteiger partial charge in [0.25, 0.3) is 0 Å². The van der Waals surface area contributed by atoms with Crippen molar-refractivity contribution < 1.29 is 9.47 Å². The van der Waals surface area contributed by atoms with Crippen molar-refractivity contribution in [3.05, 3.63) is 48.6 Å². The highest BCUT2D eigenvalue weighted by molar-refractivity contribution is 5.14. The summed E-state index contributed by atoms with van der Waals surface area (Å²) >= 11 is 0. The van der Waals surface area contributed by atoms with E-state index in [2.05, 4.69) is 42.2 Å². The van der Waals surface area contributed by atoms with Gasteiger partial charge < -0.3 is 14.8 Å². The predicted octanol–water partition coefficient (Wildman–Crippen LogP) is 3.26. The Morgan fingerprint density at radius 2 is 2.00 bits per heavy atom. The maximum absolute atomic E-state index is 5.88. The SMILES string of the molecule is C=CC[C@@H]1CC2(CC[C@@H]1NCc1ccccc1)OCCO2. The molecule has 1 saturated carbocycles. The monoisotopic (exact) mass is 287 g/mol. The molecule has 1 aliphatic heterocycles. The minimum Gasteiger partial charge on any atom is -0.348 e. The standard InChI is InChI=1S/C18H25NO2/c1-2-6-16-13-18(20-11-12-21-18)10-9-17(16)19-14-15-7-4-3-5-8-15/h2-5,7-8,16-17,19H,1,6,9-14H2/t16-,17+/m1/s1. The molecule has 0 amide bonds. The van der Waals surface area contributed by atoms with Gasteiger partial charge in [0.05, 0.1) is 13.2 Å². The number of ether oxygens (including phenoxy) is 2. The van der Waals surface area contributed by atoms with Gasteiger partial charge in [-0.1, -0.05) is 36.4 Å². The Morgan fingerprint density at radius 3 is 2.71 bits per heavy atom. The zero-order valence-corrected chi connectivity index (χ0v) is 12.6. The molecule has 3 rings (SSSR count). The third-order valence-corrected chi connectivity index (χ3v) is 4.67. The fourth-order valence-corrected chi connectivity index (χ4v) is 3.59. The lowest BCUT2D eigenvalue weighted by Gasteiger charge is -2.41. The van der Waals surface area contributed by atoms with E-state index < -0.39 is 0 Å². The highest BCUT2D eigenvalue weighted by Crippen LogP contribution is 2.40. The molecular weight excluding hydrogens is 262 g/mol. The van der Waals surface area contributed by atoms with E-state index in [9.17, 15) is 0 Å². The third kappa shape index (κ3) is 3.54. The average molecular weight is 287 g/mol. The summed E-state index contributed by atoms with van der Waals surface area (Å²) in [4.78, 5) is 0. The second kappa shape index (κ2) is 6.73. The minimum atomic E-state index is -0.307. The van der Waals surface area contributed by atoms with E-state index in [-0.39, 0.29) is 5.79 Å². The summed E-state index contributed by atoms with van der Waals surface area (Å²) in [6.45, 7) is 6.32. The predicted molar refractivity (Wildman–Crippen MR) is 83.9 cm³/mol. The van der Waals surface area contributed by atoms with Gasteiger partial charge in [-0.3, -0.25) is 0 Å². The van der Waals surface area contributed by atoms with E-state index >= 15 is 0 Å². The molecule has 1 N–H and O–H groups in total. The van der Waals surface area contributed by atoms with Crippen LogP contribution in [0.3, 0.4) is 0 Å². The van der Waals surface area contributed by atoms with Crippen molar-refractivity contribution in [2.75, 3.05) is 13.2 Å². The molecule has 0 aromatic heterocycles. The van der Waals surface area contributed by atoms with Crippen LogP contribution in [0.4, 0.5) is 0 Å². The number of benzene rings is 1. The minimum absolute atomic E-state index is 0.307. The van der Waals surface area contributed by atoms with Gasteiger partial charge >= 0.3 is 0 Å². The number of nitrogens with one attached hydrogen (secondary N) is 1. The molecule has 3 heteroatoms. The van der Waals surface area contributed by atoms with Gasteiger partial charge in [0, 0.05) is 25.4 Å². The van der Waals surface area contributed by atoms with Gasteiger partial charge in [0.15, 0.2) is 5.79 Å². The Bertz CT molecular complexity index is 454. The molecule has 0 radical (unpaired) electrons. The summed E-state index contributed by atoms with van der Waals surface area (Å²) < 4.78 is 11.8. The van der Waals surface area contributed by atoms with Crippen molar-refractivity contribution >= 4 is 0 Å². The van der Waals surface area contributed by atoms with Crippen molar-refractivity contribution in [2.24, 2.45) is 5.92 Å². The molecule has 2 atom stereocenters. The van der Waals surface area contributed by atoms with Gasteiger partial charge in [0.2, 0.25) is 0 Å².